The van der Waals surface area contributed by atoms with Gasteiger partial charge in [-0.25, -0.2) is 0 Å². The molecule has 0 atom stereocenters. The molecule has 2 N–H and O–H groups in total. The van der Waals surface area contributed by atoms with Crippen LogP contribution in [0, 0.1) is 0 Å². The number of azo groups is 1. The van der Waals surface area contributed by atoms with Crippen LogP contribution in [0.1, 0.15) is 0 Å². The molecule has 0 aromatic heterocycles. The van der Waals surface area contributed by atoms with Crippen LogP contribution in [0.5, 0.6) is 0 Å². The fraction of sp³-hybridized carbons (Fsp3) is 0. The van der Waals surface area contributed by atoms with Gasteiger partial charge in [0.25, 0.3) is 0 Å². The fourth-order valence-electron chi connectivity index (χ4n) is 4.23. The van der Waals surface area contributed by atoms with Gasteiger partial charge in [-0.1, -0.05) is 78.5 Å². The zero-order valence-corrected chi connectivity index (χ0v) is 18.5. The van der Waals surface area contributed by atoms with Crippen molar-refractivity contribution in [2.45, 2.75) is 9.79 Å². The van der Waals surface area contributed by atoms with Crippen molar-refractivity contribution < 1.29 is 0 Å². The molecule has 0 saturated carbocycles. The minimum atomic E-state index is 0.594. The van der Waals surface area contributed by atoms with Crippen LogP contribution in [0.2, 0.25) is 0 Å². The molecule has 6 rings (SSSR count). The van der Waals surface area contributed by atoms with Crippen LogP contribution in [-0.4, -0.2) is 0 Å². The number of hydrogen-bond donors (Lipinski definition) is 1. The molecule has 5 heteroatoms. The molecule has 0 aliphatic carbocycles. The molecule has 0 fully saturated rings. The lowest BCUT2D eigenvalue weighted by Gasteiger charge is -2.33. The van der Waals surface area contributed by atoms with Crippen molar-refractivity contribution in [3.8, 4) is 0 Å². The van der Waals surface area contributed by atoms with Crippen LogP contribution in [0.25, 0.3) is 10.8 Å². The second kappa shape index (κ2) is 8.11. The van der Waals surface area contributed by atoms with E-state index < -0.39 is 0 Å². The zero-order chi connectivity index (χ0) is 22.2. The Morgan fingerprint density at radius 1 is 0.576 bits per heavy atom. The maximum atomic E-state index is 6.61. The van der Waals surface area contributed by atoms with Gasteiger partial charge in [0.2, 0.25) is 0 Å². The molecule has 0 spiro atoms. The van der Waals surface area contributed by atoms with Crippen LogP contribution < -0.4 is 10.6 Å². The molecule has 0 bridgehead atoms. The van der Waals surface area contributed by atoms with Gasteiger partial charge in [0.15, 0.2) is 0 Å². The van der Waals surface area contributed by atoms with Crippen molar-refractivity contribution in [1.29, 1.82) is 0 Å². The highest BCUT2D eigenvalue weighted by molar-refractivity contribution is 7.99. The van der Waals surface area contributed by atoms with E-state index in [1.807, 2.05) is 42.5 Å². The molecule has 4 nitrogen and oxygen atoms in total. The third-order valence-corrected chi connectivity index (χ3v) is 6.85. The predicted molar refractivity (Wildman–Crippen MR) is 138 cm³/mol. The van der Waals surface area contributed by atoms with Crippen molar-refractivity contribution >= 4 is 56.7 Å². The number of rotatable bonds is 3. The molecule has 5 aromatic rings. The van der Waals surface area contributed by atoms with Gasteiger partial charge in [-0.15, -0.1) is 5.11 Å². The smallest absolute Gasteiger partial charge is 0.117 e. The monoisotopic (exact) mass is 444 g/mol. The Morgan fingerprint density at radius 2 is 1.15 bits per heavy atom. The van der Waals surface area contributed by atoms with E-state index in [1.165, 1.54) is 9.79 Å². The molecule has 158 valence electrons. The summed E-state index contributed by atoms with van der Waals surface area (Å²) in [6.07, 6.45) is 0. The molecule has 0 radical (unpaired) electrons. The number of nitrogens with two attached hydrogens (primary N) is 1. The van der Waals surface area contributed by atoms with Gasteiger partial charge in [0.05, 0.1) is 28.4 Å². The highest BCUT2D eigenvalue weighted by Gasteiger charge is 2.26. The zero-order valence-electron chi connectivity index (χ0n) is 17.7. The lowest BCUT2D eigenvalue weighted by molar-refractivity contribution is 1.17. The highest BCUT2D eigenvalue weighted by atomic mass is 32.2. The number of para-hydroxylation sites is 2. The molecule has 1 aliphatic heterocycles. The van der Waals surface area contributed by atoms with Gasteiger partial charge in [-0.3, -0.25) is 0 Å². The quantitative estimate of drug-likeness (QED) is 0.219. The number of benzene rings is 5. The summed E-state index contributed by atoms with van der Waals surface area (Å²) in [6.45, 7) is 0. The Hall–Kier alpha value is -4.09. The van der Waals surface area contributed by atoms with Crippen molar-refractivity contribution in [3.05, 3.63) is 109 Å². The van der Waals surface area contributed by atoms with E-state index in [-0.39, 0.29) is 0 Å². The van der Waals surface area contributed by atoms with E-state index in [1.54, 1.807) is 11.8 Å². The first-order valence-corrected chi connectivity index (χ1v) is 11.6. The lowest BCUT2D eigenvalue weighted by Crippen LogP contribution is -2.15. The predicted octanol–water partition coefficient (Wildman–Crippen LogP) is 8.77. The van der Waals surface area contributed by atoms with Gasteiger partial charge in [0, 0.05) is 20.6 Å². The van der Waals surface area contributed by atoms with Crippen LogP contribution in [0.3, 0.4) is 0 Å². The van der Waals surface area contributed by atoms with Crippen LogP contribution in [-0.2, 0) is 0 Å². The average Bonchev–Trinajstić information content (AvgIpc) is 2.87. The Kier molecular flexibility index (Phi) is 4.82. The first kappa shape index (κ1) is 19.6. The van der Waals surface area contributed by atoms with E-state index >= 15 is 0 Å². The minimum absolute atomic E-state index is 0.594. The molecule has 0 saturated heterocycles. The first-order valence-electron chi connectivity index (χ1n) is 10.7. The number of anilines is 4. The van der Waals surface area contributed by atoms with E-state index in [2.05, 4.69) is 81.9 Å². The Balaban J connectivity index is 1.58. The first-order chi connectivity index (χ1) is 16.3. The largest absolute Gasteiger partial charge is 0.397 e. The molecule has 5 aromatic carbocycles. The molecule has 0 unspecified atom stereocenters. The third-order valence-electron chi connectivity index (χ3n) is 5.72. The standard InChI is InChI=1S/C28H20N4S/c29-22-18-25(32-23-14-6-8-16-26(23)33-27-17-9-7-15-24(27)32)20-12-4-5-13-21(20)28(22)31-30-19-10-2-1-3-11-19/h1-18H,29H2. The topological polar surface area (TPSA) is 54.0 Å². The summed E-state index contributed by atoms with van der Waals surface area (Å²) in [4.78, 5) is 4.73. The number of hydrogen-bond acceptors (Lipinski definition) is 5. The summed E-state index contributed by atoms with van der Waals surface area (Å²) in [7, 11) is 0. The van der Waals surface area contributed by atoms with E-state index in [4.69, 9.17) is 5.73 Å². The summed E-state index contributed by atoms with van der Waals surface area (Å²) in [5, 5.41) is 11.0. The van der Waals surface area contributed by atoms with E-state index in [0.717, 1.165) is 33.5 Å². The van der Waals surface area contributed by atoms with Crippen molar-refractivity contribution in [2.75, 3.05) is 10.6 Å². The fourth-order valence-corrected chi connectivity index (χ4v) is 5.28. The normalized spacial score (nSPS) is 12.7. The molecule has 33 heavy (non-hydrogen) atoms. The summed E-state index contributed by atoms with van der Waals surface area (Å²) in [6, 6.07) is 36.9. The molecular formula is C28H20N4S. The maximum Gasteiger partial charge on any atom is 0.117 e. The third kappa shape index (κ3) is 3.43. The molecular weight excluding hydrogens is 424 g/mol. The number of fused-ring (bicyclic) bond motifs is 3. The minimum Gasteiger partial charge on any atom is -0.397 e. The molecule has 1 heterocycles. The molecule has 1 aliphatic rings. The van der Waals surface area contributed by atoms with Crippen LogP contribution in [0.15, 0.2) is 129 Å². The SMILES string of the molecule is Nc1cc(N2c3ccccc3Sc3ccccc32)c2ccccc2c1N=Nc1ccccc1. The van der Waals surface area contributed by atoms with E-state index in [0.29, 0.717) is 11.4 Å². The van der Waals surface area contributed by atoms with Gasteiger partial charge in [0.1, 0.15) is 5.69 Å². The second-order valence-electron chi connectivity index (χ2n) is 7.79. The maximum absolute atomic E-state index is 6.61. The van der Waals surface area contributed by atoms with Crippen molar-refractivity contribution in [1.82, 2.24) is 0 Å². The second-order valence-corrected chi connectivity index (χ2v) is 8.87. The van der Waals surface area contributed by atoms with Gasteiger partial charge in [-0.2, -0.15) is 5.11 Å². The van der Waals surface area contributed by atoms with Crippen LogP contribution in [0.4, 0.5) is 34.1 Å². The Bertz CT molecular complexity index is 1470. The van der Waals surface area contributed by atoms with Gasteiger partial charge in [-0.05, 0) is 42.5 Å². The summed E-state index contributed by atoms with van der Waals surface area (Å²) in [5.41, 5.74) is 12.0. The number of nitrogen functional groups attached to an aromatic ring is 1. The van der Waals surface area contributed by atoms with Crippen molar-refractivity contribution in [2.24, 2.45) is 10.2 Å². The van der Waals surface area contributed by atoms with E-state index in [9.17, 15) is 0 Å². The Morgan fingerprint density at radius 3 is 1.85 bits per heavy atom. The Labute approximate surface area is 196 Å². The summed E-state index contributed by atoms with van der Waals surface area (Å²) >= 11 is 1.79. The highest BCUT2D eigenvalue weighted by Crippen LogP contribution is 2.53. The molecule has 0 amide bonds. The summed E-state index contributed by atoms with van der Waals surface area (Å²) in [5.74, 6) is 0. The average molecular weight is 445 g/mol. The van der Waals surface area contributed by atoms with Gasteiger partial charge >= 0.3 is 0 Å². The number of nitrogens with zero attached hydrogens (tertiary/aromatic N) is 3. The lowest BCUT2D eigenvalue weighted by atomic mass is 10.0. The van der Waals surface area contributed by atoms with Gasteiger partial charge < -0.3 is 10.6 Å². The van der Waals surface area contributed by atoms with Crippen molar-refractivity contribution in [3.63, 3.8) is 0 Å². The summed E-state index contributed by atoms with van der Waals surface area (Å²) < 4.78 is 0. The van der Waals surface area contributed by atoms with Crippen LogP contribution >= 0.6 is 11.8 Å².